The summed E-state index contributed by atoms with van der Waals surface area (Å²) in [6.45, 7) is 1.70. The maximum atomic E-state index is 13.7. The van der Waals surface area contributed by atoms with Crippen molar-refractivity contribution >= 4 is 21.9 Å². The van der Waals surface area contributed by atoms with E-state index >= 15 is 0 Å². The molecule has 0 aromatic heterocycles. The monoisotopic (exact) mass is 317 g/mol. The van der Waals surface area contributed by atoms with Gasteiger partial charge in [-0.15, -0.1) is 0 Å². The Labute approximate surface area is 111 Å². The largest absolute Gasteiger partial charge is 0.465 e. The van der Waals surface area contributed by atoms with Crippen molar-refractivity contribution in [3.8, 4) is 6.07 Å². The van der Waals surface area contributed by atoms with Crippen LogP contribution < -0.4 is 0 Å². The van der Waals surface area contributed by atoms with Crippen LogP contribution in [0.4, 0.5) is 8.78 Å². The Balaban J connectivity index is 3.00. The van der Waals surface area contributed by atoms with Crippen LogP contribution in [0.2, 0.25) is 0 Å². The van der Waals surface area contributed by atoms with E-state index in [1.165, 1.54) is 6.07 Å². The number of ether oxygens (including phenoxy) is 1. The van der Waals surface area contributed by atoms with Crippen LogP contribution >= 0.6 is 15.9 Å². The molecule has 0 N–H and O–H groups in total. The van der Waals surface area contributed by atoms with Crippen LogP contribution in [-0.2, 0) is 16.0 Å². The van der Waals surface area contributed by atoms with Crippen LogP contribution in [-0.4, -0.2) is 12.6 Å². The molecule has 6 heteroatoms. The Morgan fingerprint density at radius 1 is 1.56 bits per heavy atom. The zero-order chi connectivity index (χ0) is 13.7. The summed E-state index contributed by atoms with van der Waals surface area (Å²) in [5.41, 5.74) is -0.302. The highest BCUT2D eigenvalue weighted by atomic mass is 79.9. The number of hydrogen-bond acceptors (Lipinski definition) is 3. The van der Waals surface area contributed by atoms with E-state index in [0.29, 0.717) is 0 Å². The summed E-state index contributed by atoms with van der Waals surface area (Å²) < 4.78 is 31.9. The van der Waals surface area contributed by atoms with Crippen molar-refractivity contribution in [3.05, 3.63) is 33.8 Å². The lowest BCUT2D eigenvalue weighted by molar-refractivity contribution is -0.145. The Kier molecular flexibility index (Phi) is 5.23. The van der Waals surface area contributed by atoms with Crippen molar-refractivity contribution in [1.29, 1.82) is 5.26 Å². The van der Waals surface area contributed by atoms with Gasteiger partial charge in [0, 0.05) is 12.0 Å². The normalized spacial score (nSPS) is 11.7. The first-order chi connectivity index (χ1) is 8.51. The van der Waals surface area contributed by atoms with Gasteiger partial charge in [0.05, 0.1) is 17.1 Å². The van der Waals surface area contributed by atoms with Crippen LogP contribution in [0.5, 0.6) is 0 Å². The van der Waals surface area contributed by atoms with Crippen LogP contribution in [0.25, 0.3) is 0 Å². The number of carbonyl (C=O) groups is 1. The van der Waals surface area contributed by atoms with E-state index in [1.54, 1.807) is 13.0 Å². The molecule has 0 aliphatic heterocycles. The number of hydrogen-bond donors (Lipinski definition) is 0. The van der Waals surface area contributed by atoms with Crippen LogP contribution in [0.1, 0.15) is 12.5 Å². The standard InChI is InChI=1S/C12H10BrF2NO2/c1-2-18-12(17)7(6-16)5-8-10(14)4-3-9(13)11(8)15/h3-4,7H,2,5H2,1H3. The van der Waals surface area contributed by atoms with Gasteiger partial charge >= 0.3 is 5.97 Å². The Morgan fingerprint density at radius 3 is 2.78 bits per heavy atom. The predicted octanol–water partition coefficient (Wildman–Crippen LogP) is 2.97. The lowest BCUT2D eigenvalue weighted by Gasteiger charge is -2.10. The number of benzene rings is 1. The van der Waals surface area contributed by atoms with Crippen molar-refractivity contribution in [1.82, 2.24) is 0 Å². The summed E-state index contributed by atoms with van der Waals surface area (Å²) in [5, 5.41) is 8.83. The van der Waals surface area contributed by atoms with Crippen molar-refractivity contribution in [2.45, 2.75) is 13.3 Å². The molecule has 0 aliphatic rings. The number of nitrogens with zero attached hydrogens (tertiary/aromatic N) is 1. The highest BCUT2D eigenvalue weighted by Crippen LogP contribution is 2.24. The van der Waals surface area contributed by atoms with Gasteiger partial charge in [0.1, 0.15) is 17.6 Å². The smallest absolute Gasteiger partial charge is 0.323 e. The Bertz CT molecular complexity index is 500. The number of esters is 1. The lowest BCUT2D eigenvalue weighted by atomic mass is 10.00. The average molecular weight is 318 g/mol. The van der Waals surface area contributed by atoms with Gasteiger partial charge in [-0.1, -0.05) is 0 Å². The summed E-state index contributed by atoms with van der Waals surface area (Å²) in [7, 11) is 0. The van der Waals surface area contributed by atoms with Gasteiger partial charge in [0.25, 0.3) is 0 Å². The van der Waals surface area contributed by atoms with Gasteiger partial charge in [-0.05, 0) is 35.0 Å². The molecule has 3 nitrogen and oxygen atoms in total. The van der Waals surface area contributed by atoms with Crippen LogP contribution in [0.15, 0.2) is 16.6 Å². The zero-order valence-electron chi connectivity index (χ0n) is 9.54. The third-order valence-corrected chi connectivity index (χ3v) is 2.89. The summed E-state index contributed by atoms with van der Waals surface area (Å²) in [5.74, 6) is -3.60. The first-order valence-electron chi connectivity index (χ1n) is 5.19. The summed E-state index contributed by atoms with van der Waals surface area (Å²) >= 11 is 2.92. The highest BCUT2D eigenvalue weighted by Gasteiger charge is 2.24. The Morgan fingerprint density at radius 2 is 2.22 bits per heavy atom. The van der Waals surface area contributed by atoms with E-state index in [-0.39, 0.29) is 23.1 Å². The quantitative estimate of drug-likeness (QED) is 0.633. The molecule has 0 heterocycles. The van der Waals surface area contributed by atoms with Gasteiger partial charge < -0.3 is 4.74 Å². The van der Waals surface area contributed by atoms with E-state index in [4.69, 9.17) is 5.26 Å². The van der Waals surface area contributed by atoms with Gasteiger partial charge in [-0.25, -0.2) is 8.78 Å². The molecule has 1 aromatic carbocycles. The Hall–Kier alpha value is -1.48. The molecule has 0 fully saturated rings. The summed E-state index contributed by atoms with van der Waals surface area (Å²) in [6, 6.07) is 3.98. The maximum Gasteiger partial charge on any atom is 0.323 e. The summed E-state index contributed by atoms with van der Waals surface area (Å²) in [4.78, 5) is 11.4. The van der Waals surface area contributed by atoms with Crippen molar-refractivity contribution in [2.24, 2.45) is 5.92 Å². The van der Waals surface area contributed by atoms with E-state index in [2.05, 4.69) is 20.7 Å². The summed E-state index contributed by atoms with van der Waals surface area (Å²) in [6.07, 6.45) is -0.355. The molecule has 18 heavy (non-hydrogen) atoms. The molecule has 0 saturated carbocycles. The van der Waals surface area contributed by atoms with E-state index in [1.807, 2.05) is 0 Å². The minimum Gasteiger partial charge on any atom is -0.465 e. The molecule has 1 unspecified atom stereocenters. The minimum atomic E-state index is -1.22. The third kappa shape index (κ3) is 3.26. The number of rotatable bonds is 4. The molecular formula is C12H10BrF2NO2. The van der Waals surface area contributed by atoms with Crippen LogP contribution in [0.3, 0.4) is 0 Å². The third-order valence-electron chi connectivity index (χ3n) is 2.27. The van der Waals surface area contributed by atoms with Gasteiger partial charge in [-0.2, -0.15) is 5.26 Å². The molecule has 0 aliphatic carbocycles. The molecule has 0 amide bonds. The SMILES string of the molecule is CCOC(=O)C(C#N)Cc1c(F)ccc(Br)c1F. The lowest BCUT2D eigenvalue weighted by Crippen LogP contribution is -2.19. The number of carbonyl (C=O) groups excluding carboxylic acids is 1. The van der Waals surface area contributed by atoms with Gasteiger partial charge in [0.15, 0.2) is 0 Å². The molecule has 96 valence electrons. The van der Waals surface area contributed by atoms with Crippen LogP contribution in [0, 0.1) is 28.9 Å². The number of halogens is 3. The van der Waals surface area contributed by atoms with Gasteiger partial charge in [-0.3, -0.25) is 4.79 Å². The molecule has 0 radical (unpaired) electrons. The average Bonchev–Trinajstić information content (AvgIpc) is 2.34. The first-order valence-corrected chi connectivity index (χ1v) is 5.99. The fourth-order valence-electron chi connectivity index (χ4n) is 1.38. The second kappa shape index (κ2) is 6.45. The fourth-order valence-corrected chi connectivity index (χ4v) is 1.76. The fraction of sp³-hybridized carbons (Fsp3) is 0.333. The van der Waals surface area contributed by atoms with E-state index in [9.17, 15) is 13.6 Å². The van der Waals surface area contributed by atoms with Crippen molar-refractivity contribution in [2.75, 3.05) is 6.61 Å². The molecule has 0 bridgehead atoms. The van der Waals surface area contributed by atoms with Gasteiger partial charge in [0.2, 0.25) is 0 Å². The van der Waals surface area contributed by atoms with E-state index < -0.39 is 23.5 Å². The first kappa shape index (κ1) is 14.6. The molecule has 0 saturated heterocycles. The zero-order valence-corrected chi connectivity index (χ0v) is 11.1. The van der Waals surface area contributed by atoms with E-state index in [0.717, 1.165) is 6.07 Å². The second-order valence-electron chi connectivity index (χ2n) is 3.46. The molecule has 1 rings (SSSR count). The molecule has 1 aromatic rings. The maximum absolute atomic E-state index is 13.7. The molecule has 0 spiro atoms. The molecule has 1 atom stereocenters. The second-order valence-corrected chi connectivity index (χ2v) is 4.31. The van der Waals surface area contributed by atoms with Crippen molar-refractivity contribution < 1.29 is 18.3 Å². The highest BCUT2D eigenvalue weighted by molar-refractivity contribution is 9.10. The van der Waals surface area contributed by atoms with Crippen molar-refractivity contribution in [3.63, 3.8) is 0 Å². The minimum absolute atomic E-state index is 0.0828. The molecular weight excluding hydrogens is 308 g/mol. The predicted molar refractivity (Wildman–Crippen MR) is 63.5 cm³/mol. The topological polar surface area (TPSA) is 50.1 Å². The number of nitriles is 1.